The Kier molecular flexibility index (Phi) is 13.7. The van der Waals surface area contributed by atoms with Crippen LogP contribution in [-0.4, -0.2) is 52.6 Å². The molecule has 0 bridgehead atoms. The quantitative estimate of drug-likeness (QED) is 0.233. The molecule has 0 saturated heterocycles. The molecule has 0 aliphatic heterocycles. The van der Waals surface area contributed by atoms with Crippen LogP contribution in [0.4, 0.5) is 4.79 Å². The monoisotopic (exact) mass is 418 g/mol. The van der Waals surface area contributed by atoms with Crippen LogP contribution in [0.3, 0.4) is 0 Å². The lowest BCUT2D eigenvalue weighted by Gasteiger charge is -2.23. The highest BCUT2D eigenvalue weighted by Gasteiger charge is 2.42. The molecule has 0 heterocycles. The van der Waals surface area contributed by atoms with E-state index in [-0.39, 0.29) is 12.7 Å². The minimum atomic E-state index is -2.74. The maximum absolute atomic E-state index is 12.2. The Morgan fingerprint density at radius 2 is 1.38 bits per heavy atom. The van der Waals surface area contributed by atoms with Crippen LogP contribution < -0.4 is 0 Å². The van der Waals surface area contributed by atoms with Gasteiger partial charge in [0.25, 0.3) is 0 Å². The molecule has 168 valence electrons. The molecule has 0 aliphatic rings. The van der Waals surface area contributed by atoms with Crippen molar-refractivity contribution in [1.29, 1.82) is 0 Å². The molecule has 1 atom stereocenters. The van der Waals surface area contributed by atoms with Gasteiger partial charge < -0.3 is 24.4 Å². The second-order valence-corrected chi connectivity index (χ2v) is 7.01. The number of hydrogen-bond donors (Lipinski definition) is 2. The third kappa shape index (κ3) is 12.1. The first-order chi connectivity index (χ1) is 13.7. The van der Waals surface area contributed by atoms with Gasteiger partial charge in [0, 0.05) is 0 Å². The Bertz CT molecular complexity index is 524. The standard InChI is InChI=1S/C20H34O9/c1-4-7-10-15(11-8-5-2)28-16(21)13-20(26,18(23)24)14-17(22)29-19(25)27-12-9-6-3/h15,26H,4-14H2,1-3H3,(H,23,24). The summed E-state index contributed by atoms with van der Waals surface area (Å²) in [5.41, 5.74) is -2.74. The second-order valence-electron chi connectivity index (χ2n) is 7.01. The first-order valence-electron chi connectivity index (χ1n) is 10.2. The average molecular weight is 418 g/mol. The number of unbranched alkanes of at least 4 members (excludes halogenated alkanes) is 3. The van der Waals surface area contributed by atoms with Gasteiger partial charge in [-0.15, -0.1) is 0 Å². The number of aliphatic hydroxyl groups is 1. The van der Waals surface area contributed by atoms with E-state index in [4.69, 9.17) is 4.74 Å². The van der Waals surface area contributed by atoms with Gasteiger partial charge in [0.05, 0.1) is 19.4 Å². The number of ether oxygens (including phenoxy) is 3. The van der Waals surface area contributed by atoms with Gasteiger partial charge in [-0.3, -0.25) is 9.59 Å². The van der Waals surface area contributed by atoms with E-state index in [1.165, 1.54) is 0 Å². The van der Waals surface area contributed by atoms with E-state index in [0.717, 1.165) is 32.1 Å². The van der Waals surface area contributed by atoms with Crippen molar-refractivity contribution in [2.24, 2.45) is 0 Å². The fraction of sp³-hybridized carbons (Fsp3) is 0.800. The summed E-state index contributed by atoms with van der Waals surface area (Å²) in [7, 11) is 0. The van der Waals surface area contributed by atoms with E-state index in [9.17, 15) is 29.4 Å². The number of carbonyl (C=O) groups excluding carboxylic acids is 3. The number of carboxylic acid groups (broad SMARTS) is 1. The Hall–Kier alpha value is -2.16. The van der Waals surface area contributed by atoms with Crippen molar-refractivity contribution >= 4 is 24.1 Å². The summed E-state index contributed by atoms with van der Waals surface area (Å²) in [6.45, 7) is 5.93. The van der Waals surface area contributed by atoms with Crippen LogP contribution in [0, 0.1) is 0 Å². The molecule has 2 N–H and O–H groups in total. The molecule has 0 radical (unpaired) electrons. The SMILES string of the molecule is CCCCOC(=O)OC(=O)CC(O)(CC(=O)OC(CCCC)CCCC)C(=O)O. The highest BCUT2D eigenvalue weighted by molar-refractivity contribution is 5.91. The molecular weight excluding hydrogens is 384 g/mol. The Balaban J connectivity index is 4.82. The predicted molar refractivity (Wildman–Crippen MR) is 103 cm³/mol. The van der Waals surface area contributed by atoms with Gasteiger partial charge in [-0.25, -0.2) is 9.59 Å². The third-order valence-corrected chi connectivity index (χ3v) is 4.24. The van der Waals surface area contributed by atoms with Crippen LogP contribution in [0.25, 0.3) is 0 Å². The minimum absolute atomic E-state index is 0.0506. The van der Waals surface area contributed by atoms with E-state index in [1.54, 1.807) is 0 Å². The van der Waals surface area contributed by atoms with Gasteiger partial charge in [0.15, 0.2) is 5.60 Å². The van der Waals surface area contributed by atoms with E-state index in [1.807, 2.05) is 20.8 Å². The largest absolute Gasteiger partial charge is 0.516 e. The predicted octanol–water partition coefficient (Wildman–Crippen LogP) is 3.35. The molecule has 0 amide bonds. The molecule has 0 spiro atoms. The van der Waals surface area contributed by atoms with Crippen molar-refractivity contribution in [3.8, 4) is 0 Å². The summed E-state index contributed by atoms with van der Waals surface area (Å²) in [4.78, 5) is 46.8. The number of rotatable bonds is 15. The number of aliphatic carboxylic acids is 1. The maximum Gasteiger partial charge on any atom is 0.516 e. The summed E-state index contributed by atoms with van der Waals surface area (Å²) in [6, 6.07) is 0. The molecule has 0 saturated carbocycles. The molecule has 0 aromatic rings. The summed E-state index contributed by atoms with van der Waals surface area (Å²) in [6.07, 6.45) is 2.46. The van der Waals surface area contributed by atoms with Crippen LogP contribution in [0.5, 0.6) is 0 Å². The highest BCUT2D eigenvalue weighted by atomic mass is 16.7. The van der Waals surface area contributed by atoms with Crippen LogP contribution in [0.2, 0.25) is 0 Å². The Morgan fingerprint density at radius 1 is 0.862 bits per heavy atom. The number of esters is 2. The molecule has 0 aromatic carbocycles. The first-order valence-corrected chi connectivity index (χ1v) is 10.2. The van der Waals surface area contributed by atoms with Gasteiger partial charge >= 0.3 is 24.1 Å². The topological polar surface area (TPSA) is 136 Å². The summed E-state index contributed by atoms with van der Waals surface area (Å²) in [5.74, 6) is -4.02. The first kappa shape index (κ1) is 26.8. The zero-order valence-corrected chi connectivity index (χ0v) is 17.6. The summed E-state index contributed by atoms with van der Waals surface area (Å²) < 4.78 is 14.3. The van der Waals surface area contributed by atoms with Gasteiger partial charge in [0.2, 0.25) is 0 Å². The second kappa shape index (κ2) is 14.8. The molecular formula is C20H34O9. The zero-order chi connectivity index (χ0) is 22.3. The molecule has 0 fully saturated rings. The van der Waals surface area contributed by atoms with Crippen molar-refractivity contribution in [3.63, 3.8) is 0 Å². The van der Waals surface area contributed by atoms with Crippen molar-refractivity contribution in [2.45, 2.75) is 96.7 Å². The van der Waals surface area contributed by atoms with E-state index < -0.39 is 42.5 Å². The van der Waals surface area contributed by atoms with E-state index in [0.29, 0.717) is 19.3 Å². The molecule has 9 nitrogen and oxygen atoms in total. The van der Waals surface area contributed by atoms with Crippen LogP contribution in [0.1, 0.15) is 85.0 Å². The number of hydrogen-bond acceptors (Lipinski definition) is 8. The lowest BCUT2D eigenvalue weighted by Crippen LogP contribution is -2.44. The molecule has 0 aliphatic carbocycles. The number of carboxylic acids is 1. The average Bonchev–Trinajstić information content (AvgIpc) is 2.63. The molecule has 0 aromatic heterocycles. The van der Waals surface area contributed by atoms with Gasteiger partial charge in [-0.05, 0) is 19.3 Å². The molecule has 9 heteroatoms. The Labute approximate surface area is 171 Å². The van der Waals surface area contributed by atoms with Crippen molar-refractivity contribution in [2.75, 3.05) is 6.61 Å². The lowest BCUT2D eigenvalue weighted by atomic mass is 9.95. The van der Waals surface area contributed by atoms with Crippen molar-refractivity contribution in [1.82, 2.24) is 0 Å². The molecule has 0 rings (SSSR count). The third-order valence-electron chi connectivity index (χ3n) is 4.24. The van der Waals surface area contributed by atoms with Crippen LogP contribution >= 0.6 is 0 Å². The lowest BCUT2D eigenvalue weighted by molar-refractivity contribution is -0.174. The minimum Gasteiger partial charge on any atom is -0.479 e. The van der Waals surface area contributed by atoms with Gasteiger partial charge in [-0.1, -0.05) is 52.9 Å². The Morgan fingerprint density at radius 3 is 1.86 bits per heavy atom. The maximum atomic E-state index is 12.2. The fourth-order valence-corrected chi connectivity index (χ4v) is 2.50. The van der Waals surface area contributed by atoms with Crippen LogP contribution in [0.15, 0.2) is 0 Å². The molecule has 1 unspecified atom stereocenters. The van der Waals surface area contributed by atoms with E-state index >= 15 is 0 Å². The van der Waals surface area contributed by atoms with Crippen LogP contribution in [-0.2, 0) is 28.6 Å². The molecule has 29 heavy (non-hydrogen) atoms. The summed E-state index contributed by atoms with van der Waals surface area (Å²) in [5, 5.41) is 19.5. The highest BCUT2D eigenvalue weighted by Crippen LogP contribution is 2.21. The smallest absolute Gasteiger partial charge is 0.479 e. The van der Waals surface area contributed by atoms with Gasteiger partial charge in [-0.2, -0.15) is 0 Å². The van der Waals surface area contributed by atoms with E-state index in [2.05, 4.69) is 9.47 Å². The number of carbonyl (C=O) groups is 4. The van der Waals surface area contributed by atoms with Crippen molar-refractivity contribution in [3.05, 3.63) is 0 Å². The normalized spacial score (nSPS) is 12.9. The van der Waals surface area contributed by atoms with Gasteiger partial charge in [0.1, 0.15) is 6.10 Å². The van der Waals surface area contributed by atoms with Crippen molar-refractivity contribution < 1.29 is 43.6 Å². The summed E-state index contributed by atoms with van der Waals surface area (Å²) >= 11 is 0. The fourth-order valence-electron chi connectivity index (χ4n) is 2.50. The zero-order valence-electron chi connectivity index (χ0n) is 17.6.